The zero-order chi connectivity index (χ0) is 18.2. The summed E-state index contributed by atoms with van der Waals surface area (Å²) >= 11 is 0. The van der Waals surface area contributed by atoms with Crippen molar-refractivity contribution in [2.45, 2.75) is 20.4 Å². The average molecular weight is 344 g/mol. The molecule has 6 nitrogen and oxygen atoms in total. The molecule has 0 spiro atoms. The molecule has 2 aromatic carbocycles. The monoisotopic (exact) mass is 344 g/mol. The maximum atomic E-state index is 12.1. The largest absolute Gasteiger partial charge is 0.493 e. The molecule has 2 amide bonds. The maximum Gasteiger partial charge on any atom is 0.319 e. The zero-order valence-electron chi connectivity index (χ0n) is 14.8. The highest BCUT2D eigenvalue weighted by molar-refractivity contribution is 5.90. The third-order valence-electron chi connectivity index (χ3n) is 3.88. The molecule has 0 saturated carbocycles. The molecule has 0 unspecified atom stereocenters. The Morgan fingerprint density at radius 2 is 1.96 bits per heavy atom. The number of hydrogen-bond donors (Lipinski definition) is 3. The van der Waals surface area contributed by atoms with Gasteiger partial charge in [-0.2, -0.15) is 0 Å². The number of benzene rings is 2. The second-order valence-corrected chi connectivity index (χ2v) is 5.61. The van der Waals surface area contributed by atoms with Gasteiger partial charge in [0.1, 0.15) is 6.61 Å². The first-order valence-corrected chi connectivity index (χ1v) is 8.06. The number of carbonyl (C=O) groups is 1. The van der Waals surface area contributed by atoms with E-state index >= 15 is 0 Å². The minimum absolute atomic E-state index is 0.0645. The molecular formula is C19H24N2O4. The third-order valence-corrected chi connectivity index (χ3v) is 3.88. The van der Waals surface area contributed by atoms with Gasteiger partial charge in [0.2, 0.25) is 0 Å². The number of methoxy groups -OCH3 is 1. The number of nitrogens with one attached hydrogen (secondary N) is 2. The molecule has 6 heteroatoms. The van der Waals surface area contributed by atoms with E-state index in [0.29, 0.717) is 18.0 Å². The Labute approximate surface area is 147 Å². The second-order valence-electron chi connectivity index (χ2n) is 5.61. The van der Waals surface area contributed by atoms with E-state index in [1.165, 1.54) is 0 Å². The van der Waals surface area contributed by atoms with E-state index in [1.54, 1.807) is 19.2 Å². The standard InChI is InChI=1S/C19H24N2O4/c1-13-5-4-6-16(14(13)2)21-19(23)20-12-15-7-8-17(25-10-9-22)18(11-15)24-3/h4-8,11,22H,9-10,12H2,1-3H3,(H2,20,21,23). The van der Waals surface area contributed by atoms with Crippen LogP contribution >= 0.6 is 0 Å². The number of aliphatic hydroxyl groups is 1. The van der Waals surface area contributed by atoms with E-state index in [9.17, 15) is 4.79 Å². The number of carbonyl (C=O) groups excluding carboxylic acids is 1. The van der Waals surface area contributed by atoms with Crippen LogP contribution in [0.1, 0.15) is 16.7 Å². The molecule has 0 fully saturated rings. The molecule has 2 rings (SSSR count). The minimum atomic E-state index is -0.270. The first kappa shape index (κ1) is 18.6. The Morgan fingerprint density at radius 3 is 2.68 bits per heavy atom. The van der Waals surface area contributed by atoms with Crippen LogP contribution in [-0.4, -0.2) is 31.5 Å². The number of aryl methyl sites for hydroxylation is 1. The first-order valence-electron chi connectivity index (χ1n) is 8.06. The van der Waals surface area contributed by atoms with E-state index in [-0.39, 0.29) is 19.2 Å². The van der Waals surface area contributed by atoms with Crippen LogP contribution in [0, 0.1) is 13.8 Å². The summed E-state index contributed by atoms with van der Waals surface area (Å²) in [5.74, 6) is 1.11. The van der Waals surface area contributed by atoms with Crippen molar-refractivity contribution >= 4 is 11.7 Å². The SMILES string of the molecule is COc1cc(CNC(=O)Nc2cccc(C)c2C)ccc1OCCO. The summed E-state index contributed by atoms with van der Waals surface area (Å²) in [7, 11) is 1.55. The van der Waals surface area contributed by atoms with Crippen LogP contribution in [0.2, 0.25) is 0 Å². The van der Waals surface area contributed by atoms with Gasteiger partial charge in [0.25, 0.3) is 0 Å². The van der Waals surface area contributed by atoms with Gasteiger partial charge >= 0.3 is 6.03 Å². The van der Waals surface area contributed by atoms with E-state index in [1.807, 2.05) is 38.1 Å². The van der Waals surface area contributed by atoms with Crippen LogP contribution in [0.3, 0.4) is 0 Å². The molecule has 134 valence electrons. The number of aliphatic hydroxyl groups excluding tert-OH is 1. The van der Waals surface area contributed by atoms with Crippen LogP contribution in [0.5, 0.6) is 11.5 Å². The molecule has 0 aliphatic carbocycles. The van der Waals surface area contributed by atoms with Crippen LogP contribution < -0.4 is 20.1 Å². The molecule has 0 atom stereocenters. The molecular weight excluding hydrogens is 320 g/mol. The van der Waals surface area contributed by atoms with Gasteiger partial charge in [-0.15, -0.1) is 0 Å². The highest BCUT2D eigenvalue weighted by atomic mass is 16.5. The second kappa shape index (κ2) is 8.94. The fourth-order valence-electron chi connectivity index (χ4n) is 2.33. The third kappa shape index (κ3) is 5.12. The lowest BCUT2D eigenvalue weighted by molar-refractivity contribution is 0.196. The number of hydrogen-bond acceptors (Lipinski definition) is 4. The lowest BCUT2D eigenvalue weighted by atomic mass is 10.1. The van der Waals surface area contributed by atoms with Crippen molar-refractivity contribution < 1.29 is 19.4 Å². The van der Waals surface area contributed by atoms with Crippen LogP contribution in [0.15, 0.2) is 36.4 Å². The smallest absolute Gasteiger partial charge is 0.319 e. The Morgan fingerprint density at radius 1 is 1.16 bits per heavy atom. The molecule has 0 aliphatic heterocycles. The van der Waals surface area contributed by atoms with Crippen molar-refractivity contribution in [1.82, 2.24) is 5.32 Å². The van der Waals surface area contributed by atoms with Gasteiger partial charge in [0.15, 0.2) is 11.5 Å². The normalized spacial score (nSPS) is 10.2. The molecule has 0 bridgehead atoms. The van der Waals surface area contributed by atoms with Crippen LogP contribution in [0.4, 0.5) is 10.5 Å². The lowest BCUT2D eigenvalue weighted by Gasteiger charge is -2.13. The van der Waals surface area contributed by atoms with Crippen molar-refractivity contribution in [3.05, 3.63) is 53.1 Å². The predicted octanol–water partition coefficient (Wildman–Crippen LogP) is 3.00. The highest BCUT2D eigenvalue weighted by Gasteiger charge is 2.08. The summed E-state index contributed by atoms with van der Waals surface area (Å²) in [5, 5.41) is 14.5. The number of amides is 2. The molecule has 0 heterocycles. The van der Waals surface area contributed by atoms with Crippen molar-refractivity contribution in [2.75, 3.05) is 25.6 Å². The summed E-state index contributed by atoms with van der Waals surface area (Å²) in [4.78, 5) is 12.1. The van der Waals surface area contributed by atoms with E-state index in [2.05, 4.69) is 10.6 Å². The molecule has 0 saturated heterocycles. The molecule has 2 aromatic rings. The predicted molar refractivity (Wildman–Crippen MR) is 97.3 cm³/mol. The summed E-state index contributed by atoms with van der Waals surface area (Å²) in [5.41, 5.74) is 3.85. The van der Waals surface area contributed by atoms with Gasteiger partial charge in [-0.05, 0) is 48.7 Å². The topological polar surface area (TPSA) is 79.8 Å². The van der Waals surface area contributed by atoms with Crippen molar-refractivity contribution in [3.8, 4) is 11.5 Å². The minimum Gasteiger partial charge on any atom is -0.493 e. The maximum absolute atomic E-state index is 12.1. The van der Waals surface area contributed by atoms with Gasteiger partial charge in [-0.25, -0.2) is 4.79 Å². The lowest BCUT2D eigenvalue weighted by Crippen LogP contribution is -2.28. The van der Waals surface area contributed by atoms with Crippen LogP contribution in [0.25, 0.3) is 0 Å². The van der Waals surface area contributed by atoms with Gasteiger partial charge < -0.3 is 25.2 Å². The molecule has 25 heavy (non-hydrogen) atoms. The van der Waals surface area contributed by atoms with Gasteiger partial charge in [-0.1, -0.05) is 18.2 Å². The van der Waals surface area contributed by atoms with E-state index < -0.39 is 0 Å². The van der Waals surface area contributed by atoms with Gasteiger partial charge in [0, 0.05) is 12.2 Å². The molecule has 0 aliphatic rings. The Bertz CT molecular complexity index is 731. The fourth-order valence-corrected chi connectivity index (χ4v) is 2.33. The summed E-state index contributed by atoms with van der Waals surface area (Å²) < 4.78 is 10.7. The molecule has 0 radical (unpaired) electrons. The number of rotatable bonds is 7. The number of ether oxygens (including phenoxy) is 2. The summed E-state index contributed by atoms with van der Waals surface area (Å²) in [6.07, 6.45) is 0. The Hall–Kier alpha value is -2.73. The quantitative estimate of drug-likeness (QED) is 0.721. The Kier molecular flexibility index (Phi) is 6.65. The van der Waals surface area contributed by atoms with E-state index in [4.69, 9.17) is 14.6 Å². The molecule has 3 N–H and O–H groups in total. The fraction of sp³-hybridized carbons (Fsp3) is 0.316. The highest BCUT2D eigenvalue weighted by Crippen LogP contribution is 2.28. The van der Waals surface area contributed by atoms with Crippen molar-refractivity contribution in [2.24, 2.45) is 0 Å². The Balaban J connectivity index is 1.96. The first-order chi connectivity index (χ1) is 12.0. The van der Waals surface area contributed by atoms with Gasteiger partial charge in [-0.3, -0.25) is 0 Å². The van der Waals surface area contributed by atoms with Gasteiger partial charge in [0.05, 0.1) is 13.7 Å². The average Bonchev–Trinajstić information content (AvgIpc) is 2.62. The van der Waals surface area contributed by atoms with E-state index in [0.717, 1.165) is 22.4 Å². The van der Waals surface area contributed by atoms with Crippen molar-refractivity contribution in [3.63, 3.8) is 0 Å². The summed E-state index contributed by atoms with van der Waals surface area (Å²) in [6, 6.07) is 10.9. The zero-order valence-corrected chi connectivity index (χ0v) is 14.8. The van der Waals surface area contributed by atoms with Crippen LogP contribution in [-0.2, 0) is 6.54 Å². The number of anilines is 1. The summed E-state index contributed by atoms with van der Waals surface area (Å²) in [6.45, 7) is 4.47. The number of urea groups is 1. The molecule has 0 aromatic heterocycles. The van der Waals surface area contributed by atoms with Crippen molar-refractivity contribution in [1.29, 1.82) is 0 Å².